The Bertz CT molecular complexity index is 843. The monoisotopic (exact) mass is 336 g/mol. The summed E-state index contributed by atoms with van der Waals surface area (Å²) in [5.41, 5.74) is -0.395. The van der Waals surface area contributed by atoms with Crippen molar-refractivity contribution in [2.24, 2.45) is 0 Å². The first-order valence-electron chi connectivity index (χ1n) is 7.48. The van der Waals surface area contributed by atoms with Crippen molar-refractivity contribution in [3.8, 4) is 11.3 Å². The third kappa shape index (κ3) is 3.15. The van der Waals surface area contributed by atoms with Gasteiger partial charge in [-0.25, -0.2) is 0 Å². The van der Waals surface area contributed by atoms with Crippen LogP contribution < -0.4 is 5.32 Å². The molecule has 0 atom stereocenters. The minimum absolute atomic E-state index is 0.177. The summed E-state index contributed by atoms with van der Waals surface area (Å²) < 4.78 is 40.8. The highest BCUT2D eigenvalue weighted by molar-refractivity contribution is 5.66. The largest absolute Gasteiger partial charge is 0.418 e. The molecule has 0 saturated heterocycles. The molecule has 126 valence electrons. The SMILES string of the molecule is CCCCNc1nnc2cc(-c3ncccc3C(F)(F)F)cnn12. The van der Waals surface area contributed by atoms with Crippen LogP contribution in [0.2, 0.25) is 0 Å². The number of anilines is 1. The van der Waals surface area contributed by atoms with Gasteiger partial charge in [0.2, 0.25) is 5.95 Å². The van der Waals surface area contributed by atoms with Crippen molar-refractivity contribution < 1.29 is 13.2 Å². The highest BCUT2D eigenvalue weighted by Crippen LogP contribution is 2.35. The first-order chi connectivity index (χ1) is 11.5. The molecule has 0 spiro atoms. The van der Waals surface area contributed by atoms with Crippen LogP contribution in [0.5, 0.6) is 0 Å². The molecule has 0 unspecified atom stereocenters. The fourth-order valence-corrected chi connectivity index (χ4v) is 2.27. The van der Waals surface area contributed by atoms with Crippen LogP contribution in [0, 0.1) is 0 Å². The second-order valence-electron chi connectivity index (χ2n) is 5.22. The number of pyridine rings is 1. The van der Waals surface area contributed by atoms with Crippen LogP contribution in [-0.4, -0.2) is 31.3 Å². The number of unbranched alkanes of at least 4 members (excludes halogenated alkanes) is 1. The van der Waals surface area contributed by atoms with Crippen LogP contribution >= 0.6 is 0 Å². The number of rotatable bonds is 5. The van der Waals surface area contributed by atoms with Gasteiger partial charge in [-0.15, -0.1) is 10.2 Å². The zero-order valence-corrected chi connectivity index (χ0v) is 12.9. The van der Waals surface area contributed by atoms with E-state index in [9.17, 15) is 13.2 Å². The lowest BCUT2D eigenvalue weighted by Crippen LogP contribution is -2.09. The van der Waals surface area contributed by atoms with Crippen LogP contribution in [0.3, 0.4) is 0 Å². The molecule has 0 amide bonds. The molecule has 3 rings (SSSR count). The van der Waals surface area contributed by atoms with Gasteiger partial charge in [-0.1, -0.05) is 13.3 Å². The maximum Gasteiger partial charge on any atom is 0.418 e. The molecule has 0 saturated carbocycles. The molecule has 0 aliphatic heterocycles. The number of hydrogen-bond donors (Lipinski definition) is 1. The minimum Gasteiger partial charge on any atom is -0.353 e. The Labute approximate surface area is 135 Å². The summed E-state index contributed by atoms with van der Waals surface area (Å²) in [6.45, 7) is 2.79. The Morgan fingerprint density at radius 3 is 2.83 bits per heavy atom. The number of aromatic nitrogens is 5. The molecule has 3 aromatic heterocycles. The summed E-state index contributed by atoms with van der Waals surface area (Å²) in [5, 5.41) is 15.2. The standard InChI is InChI=1S/C15H15F3N6/c1-2-3-6-20-14-23-22-12-8-10(9-21-24(12)14)13-11(15(16,17)18)5-4-7-19-13/h4-5,7-9H,2-3,6H2,1H3,(H,20,23). The molecular formula is C15H15F3N6. The van der Waals surface area contributed by atoms with E-state index in [0.717, 1.165) is 25.5 Å². The first-order valence-corrected chi connectivity index (χ1v) is 7.48. The van der Waals surface area contributed by atoms with Crippen LogP contribution in [0.25, 0.3) is 16.9 Å². The van der Waals surface area contributed by atoms with Gasteiger partial charge in [0.1, 0.15) is 0 Å². The molecule has 1 N–H and O–H groups in total. The summed E-state index contributed by atoms with van der Waals surface area (Å²) >= 11 is 0. The Morgan fingerprint density at radius 2 is 2.08 bits per heavy atom. The second kappa shape index (κ2) is 6.42. The number of alkyl halides is 3. The smallest absolute Gasteiger partial charge is 0.353 e. The van der Waals surface area contributed by atoms with E-state index in [-0.39, 0.29) is 11.3 Å². The molecule has 6 nitrogen and oxygen atoms in total. The topological polar surface area (TPSA) is 68.0 Å². The van der Waals surface area contributed by atoms with Gasteiger partial charge in [-0.05, 0) is 24.6 Å². The van der Waals surface area contributed by atoms with Gasteiger partial charge in [0.25, 0.3) is 0 Å². The van der Waals surface area contributed by atoms with E-state index in [2.05, 4.69) is 32.5 Å². The van der Waals surface area contributed by atoms with Gasteiger partial charge in [0, 0.05) is 18.3 Å². The Kier molecular flexibility index (Phi) is 4.32. The highest BCUT2D eigenvalue weighted by atomic mass is 19.4. The summed E-state index contributed by atoms with van der Waals surface area (Å²) in [6, 6.07) is 3.74. The van der Waals surface area contributed by atoms with Gasteiger partial charge < -0.3 is 5.32 Å². The lowest BCUT2D eigenvalue weighted by Gasteiger charge is -2.11. The third-order valence-corrected chi connectivity index (χ3v) is 3.46. The molecular weight excluding hydrogens is 321 g/mol. The minimum atomic E-state index is -4.49. The molecule has 0 bridgehead atoms. The van der Waals surface area contributed by atoms with Crippen molar-refractivity contribution in [1.29, 1.82) is 0 Å². The van der Waals surface area contributed by atoms with Gasteiger partial charge in [-0.3, -0.25) is 4.98 Å². The normalized spacial score (nSPS) is 11.8. The second-order valence-corrected chi connectivity index (χ2v) is 5.22. The number of nitrogens with zero attached hydrogens (tertiary/aromatic N) is 5. The molecule has 3 heterocycles. The Hall–Kier alpha value is -2.71. The van der Waals surface area contributed by atoms with Gasteiger partial charge >= 0.3 is 6.18 Å². The third-order valence-electron chi connectivity index (χ3n) is 3.46. The van der Waals surface area contributed by atoms with Crippen molar-refractivity contribution in [3.05, 3.63) is 36.2 Å². The number of halogens is 3. The molecule has 0 radical (unpaired) electrons. The fourth-order valence-electron chi connectivity index (χ4n) is 2.27. The van der Waals surface area contributed by atoms with Gasteiger partial charge in [0.05, 0.1) is 17.5 Å². The van der Waals surface area contributed by atoms with E-state index in [1.54, 1.807) is 0 Å². The van der Waals surface area contributed by atoms with Crippen molar-refractivity contribution in [2.45, 2.75) is 25.9 Å². The molecule has 0 aliphatic carbocycles. The van der Waals surface area contributed by atoms with E-state index in [4.69, 9.17) is 0 Å². The summed E-state index contributed by atoms with van der Waals surface area (Å²) in [7, 11) is 0. The van der Waals surface area contributed by atoms with Crippen molar-refractivity contribution in [1.82, 2.24) is 24.8 Å². The van der Waals surface area contributed by atoms with Crippen LogP contribution in [-0.2, 0) is 6.18 Å². The van der Waals surface area contributed by atoms with Gasteiger partial charge in [0.15, 0.2) is 5.65 Å². The average Bonchev–Trinajstić information content (AvgIpc) is 2.97. The van der Waals surface area contributed by atoms with Crippen LogP contribution in [0.15, 0.2) is 30.6 Å². The molecule has 0 aliphatic rings. The Morgan fingerprint density at radius 1 is 1.25 bits per heavy atom. The maximum absolute atomic E-state index is 13.1. The van der Waals surface area contributed by atoms with Crippen molar-refractivity contribution in [3.63, 3.8) is 0 Å². The van der Waals surface area contributed by atoms with E-state index >= 15 is 0 Å². The molecule has 0 fully saturated rings. The highest BCUT2D eigenvalue weighted by Gasteiger charge is 2.34. The van der Waals surface area contributed by atoms with Crippen LogP contribution in [0.1, 0.15) is 25.3 Å². The predicted octanol–water partition coefficient (Wildman–Crippen LogP) is 3.42. The van der Waals surface area contributed by atoms with Gasteiger partial charge in [-0.2, -0.15) is 22.8 Å². The maximum atomic E-state index is 13.1. The lowest BCUT2D eigenvalue weighted by molar-refractivity contribution is -0.137. The van der Waals surface area contributed by atoms with Crippen molar-refractivity contribution >= 4 is 11.6 Å². The van der Waals surface area contributed by atoms with E-state index < -0.39 is 11.7 Å². The quantitative estimate of drug-likeness (QED) is 0.723. The zero-order chi connectivity index (χ0) is 17.2. The Balaban J connectivity index is 1.98. The summed E-state index contributed by atoms with van der Waals surface area (Å²) in [4.78, 5) is 3.86. The lowest BCUT2D eigenvalue weighted by atomic mass is 10.1. The van der Waals surface area contributed by atoms with E-state index in [1.165, 1.54) is 29.0 Å². The van der Waals surface area contributed by atoms with E-state index in [0.29, 0.717) is 11.6 Å². The molecule has 9 heteroatoms. The summed E-state index contributed by atoms with van der Waals surface area (Å²) in [6.07, 6.45) is 0.155. The number of hydrogen-bond acceptors (Lipinski definition) is 5. The van der Waals surface area contributed by atoms with Crippen LogP contribution in [0.4, 0.5) is 19.1 Å². The number of nitrogens with one attached hydrogen (secondary N) is 1. The predicted molar refractivity (Wildman–Crippen MR) is 82.4 cm³/mol. The zero-order valence-electron chi connectivity index (χ0n) is 12.9. The molecule has 3 aromatic rings. The summed E-state index contributed by atoms with van der Waals surface area (Å²) in [5.74, 6) is 0.460. The van der Waals surface area contributed by atoms with Crippen molar-refractivity contribution in [2.75, 3.05) is 11.9 Å². The fraction of sp³-hybridized carbons (Fsp3) is 0.333. The van der Waals surface area contributed by atoms with E-state index in [1.807, 2.05) is 0 Å². The first kappa shape index (κ1) is 16.2. The average molecular weight is 336 g/mol. The molecule has 24 heavy (non-hydrogen) atoms. The molecule has 0 aromatic carbocycles. The number of fused-ring (bicyclic) bond motifs is 1.